The van der Waals surface area contributed by atoms with E-state index in [1.165, 1.54) is 12.8 Å². The maximum absolute atomic E-state index is 6.05. The molecule has 1 saturated heterocycles. The van der Waals surface area contributed by atoms with Crippen molar-refractivity contribution in [3.05, 3.63) is 17.6 Å². The summed E-state index contributed by atoms with van der Waals surface area (Å²) in [5.74, 6) is 2.71. The zero-order chi connectivity index (χ0) is 12.7. The summed E-state index contributed by atoms with van der Waals surface area (Å²) >= 11 is 0. The predicted octanol–water partition coefficient (Wildman–Crippen LogP) is 2.10. The lowest BCUT2D eigenvalue weighted by Gasteiger charge is -2.38. The average molecular weight is 247 g/mol. The van der Waals surface area contributed by atoms with E-state index in [-0.39, 0.29) is 0 Å². The van der Waals surface area contributed by atoms with E-state index in [2.05, 4.69) is 28.7 Å². The van der Waals surface area contributed by atoms with Crippen molar-refractivity contribution in [1.29, 1.82) is 0 Å². The van der Waals surface area contributed by atoms with Gasteiger partial charge in [0.1, 0.15) is 11.6 Å². The number of rotatable bonds is 2. The average Bonchev–Trinajstić information content (AvgIpc) is 3.15. The molecule has 1 aromatic heterocycles. The van der Waals surface area contributed by atoms with Crippen LogP contribution in [0.5, 0.6) is 0 Å². The Morgan fingerprint density at radius 2 is 2.06 bits per heavy atom. The zero-order valence-electron chi connectivity index (χ0n) is 11.4. The Kier molecular flexibility index (Phi) is 2.98. The van der Waals surface area contributed by atoms with Crippen molar-refractivity contribution in [2.24, 2.45) is 5.92 Å². The minimum Gasteiger partial charge on any atom is -0.371 e. The van der Waals surface area contributed by atoms with E-state index in [4.69, 9.17) is 4.74 Å². The van der Waals surface area contributed by atoms with Crippen LogP contribution in [0.3, 0.4) is 0 Å². The largest absolute Gasteiger partial charge is 0.371 e. The third-order valence-corrected chi connectivity index (χ3v) is 3.80. The Labute approximate surface area is 108 Å². The van der Waals surface area contributed by atoms with Gasteiger partial charge in [-0.25, -0.2) is 9.97 Å². The highest BCUT2D eigenvalue weighted by Gasteiger charge is 2.37. The third-order valence-electron chi connectivity index (χ3n) is 3.80. The highest BCUT2D eigenvalue weighted by molar-refractivity contribution is 5.46. The quantitative estimate of drug-likeness (QED) is 0.802. The Morgan fingerprint density at radius 3 is 2.78 bits per heavy atom. The van der Waals surface area contributed by atoms with Crippen LogP contribution in [0.2, 0.25) is 0 Å². The summed E-state index contributed by atoms with van der Waals surface area (Å²) in [5, 5.41) is 0. The van der Waals surface area contributed by atoms with Crippen LogP contribution >= 0.6 is 0 Å². The van der Waals surface area contributed by atoms with E-state index in [1.807, 2.05) is 13.1 Å². The van der Waals surface area contributed by atoms with Crippen LogP contribution in [-0.2, 0) is 4.74 Å². The van der Waals surface area contributed by atoms with E-state index >= 15 is 0 Å². The van der Waals surface area contributed by atoms with Crippen LogP contribution in [0.15, 0.2) is 6.20 Å². The Bertz CT molecular complexity index is 445. The molecular formula is C14H21N3O. The molecule has 3 rings (SSSR count). The second-order valence-corrected chi connectivity index (χ2v) is 5.65. The number of aromatic nitrogens is 2. The monoisotopic (exact) mass is 247 g/mol. The third kappa shape index (κ3) is 2.34. The molecule has 4 heteroatoms. The van der Waals surface area contributed by atoms with Gasteiger partial charge in [-0.1, -0.05) is 0 Å². The highest BCUT2D eigenvalue weighted by Crippen LogP contribution is 2.37. The second kappa shape index (κ2) is 4.50. The Morgan fingerprint density at radius 1 is 1.28 bits per heavy atom. The maximum atomic E-state index is 6.05. The van der Waals surface area contributed by atoms with Gasteiger partial charge in [-0.05, 0) is 39.5 Å². The van der Waals surface area contributed by atoms with E-state index in [0.29, 0.717) is 12.2 Å². The zero-order valence-corrected chi connectivity index (χ0v) is 11.4. The molecule has 1 aliphatic heterocycles. The van der Waals surface area contributed by atoms with Crippen LogP contribution in [0.25, 0.3) is 0 Å². The van der Waals surface area contributed by atoms with Crippen LogP contribution in [0, 0.1) is 19.8 Å². The molecule has 18 heavy (non-hydrogen) atoms. The first-order chi connectivity index (χ1) is 8.63. The minimum absolute atomic E-state index is 0.291. The van der Waals surface area contributed by atoms with Gasteiger partial charge in [0.2, 0.25) is 0 Å². The van der Waals surface area contributed by atoms with Crippen molar-refractivity contribution in [2.75, 3.05) is 18.0 Å². The minimum atomic E-state index is 0.291. The molecule has 0 unspecified atom stereocenters. The summed E-state index contributed by atoms with van der Waals surface area (Å²) in [4.78, 5) is 11.2. The number of nitrogens with zero attached hydrogens (tertiary/aromatic N) is 3. The lowest BCUT2D eigenvalue weighted by atomic mass is 10.1. The van der Waals surface area contributed by atoms with Crippen molar-refractivity contribution in [1.82, 2.24) is 9.97 Å². The van der Waals surface area contributed by atoms with Gasteiger partial charge in [0.25, 0.3) is 0 Å². The molecule has 2 atom stereocenters. The first-order valence-electron chi connectivity index (χ1n) is 6.84. The maximum Gasteiger partial charge on any atom is 0.135 e. The van der Waals surface area contributed by atoms with E-state index in [0.717, 1.165) is 36.2 Å². The van der Waals surface area contributed by atoms with E-state index in [9.17, 15) is 0 Å². The molecule has 0 amide bonds. The van der Waals surface area contributed by atoms with Crippen molar-refractivity contribution < 1.29 is 4.74 Å². The second-order valence-electron chi connectivity index (χ2n) is 5.65. The molecule has 0 N–H and O–H groups in total. The van der Waals surface area contributed by atoms with Gasteiger partial charge >= 0.3 is 0 Å². The molecule has 0 spiro atoms. The fraction of sp³-hybridized carbons (Fsp3) is 0.714. The molecule has 0 bridgehead atoms. The van der Waals surface area contributed by atoms with Gasteiger partial charge in [-0.15, -0.1) is 0 Å². The van der Waals surface area contributed by atoms with Crippen molar-refractivity contribution >= 4 is 5.82 Å². The number of aryl methyl sites for hydroxylation is 2. The van der Waals surface area contributed by atoms with Crippen LogP contribution in [-0.4, -0.2) is 35.3 Å². The van der Waals surface area contributed by atoms with Gasteiger partial charge in [0, 0.05) is 24.8 Å². The highest BCUT2D eigenvalue weighted by atomic mass is 16.5. The smallest absolute Gasteiger partial charge is 0.135 e. The first kappa shape index (κ1) is 11.9. The summed E-state index contributed by atoms with van der Waals surface area (Å²) in [6.07, 6.45) is 5.26. The summed E-state index contributed by atoms with van der Waals surface area (Å²) in [6, 6.07) is 0. The lowest BCUT2D eigenvalue weighted by molar-refractivity contribution is -0.0274. The topological polar surface area (TPSA) is 38.2 Å². The normalized spacial score (nSPS) is 28.5. The number of hydrogen-bond donors (Lipinski definition) is 0. The number of hydrogen-bond acceptors (Lipinski definition) is 4. The lowest BCUT2D eigenvalue weighted by Crippen LogP contribution is -2.48. The van der Waals surface area contributed by atoms with Gasteiger partial charge in [0.15, 0.2) is 0 Å². The predicted molar refractivity (Wildman–Crippen MR) is 70.8 cm³/mol. The van der Waals surface area contributed by atoms with Gasteiger partial charge in [0.05, 0.1) is 12.2 Å². The van der Waals surface area contributed by atoms with Gasteiger partial charge < -0.3 is 9.64 Å². The summed E-state index contributed by atoms with van der Waals surface area (Å²) in [6.45, 7) is 8.10. The fourth-order valence-electron chi connectivity index (χ4n) is 2.73. The Hall–Kier alpha value is -1.16. The number of ether oxygens (including phenoxy) is 1. The SMILES string of the molecule is Cc1ncc(C)c(N2C[C@H](C)O[C@@H](C3CC3)C2)n1. The molecule has 0 radical (unpaired) electrons. The summed E-state index contributed by atoms with van der Waals surface area (Å²) in [7, 11) is 0. The van der Waals surface area contributed by atoms with Crippen LogP contribution in [0.1, 0.15) is 31.2 Å². The molecule has 1 saturated carbocycles. The molecule has 4 nitrogen and oxygen atoms in total. The van der Waals surface area contributed by atoms with Crippen molar-refractivity contribution in [2.45, 2.75) is 45.8 Å². The van der Waals surface area contributed by atoms with Gasteiger partial charge in [-0.3, -0.25) is 0 Å². The standard InChI is InChI=1S/C14H21N3O/c1-9-6-15-11(3)16-14(9)17-7-10(2)18-13(8-17)12-4-5-12/h6,10,12-13H,4-5,7-8H2,1-3H3/t10-,13+/m0/s1. The van der Waals surface area contributed by atoms with Crippen molar-refractivity contribution in [3.63, 3.8) is 0 Å². The summed E-state index contributed by atoms with van der Waals surface area (Å²) < 4.78 is 6.05. The van der Waals surface area contributed by atoms with E-state index in [1.54, 1.807) is 0 Å². The molecule has 1 aliphatic carbocycles. The number of morpholine rings is 1. The molecule has 2 fully saturated rings. The summed E-state index contributed by atoms with van der Waals surface area (Å²) in [5.41, 5.74) is 1.16. The molecule has 2 heterocycles. The fourth-order valence-corrected chi connectivity index (χ4v) is 2.73. The number of anilines is 1. The Balaban J connectivity index is 1.83. The van der Waals surface area contributed by atoms with E-state index < -0.39 is 0 Å². The molecule has 98 valence electrons. The first-order valence-corrected chi connectivity index (χ1v) is 6.84. The van der Waals surface area contributed by atoms with Crippen molar-refractivity contribution in [3.8, 4) is 0 Å². The molecule has 1 aromatic rings. The molecule has 2 aliphatic rings. The van der Waals surface area contributed by atoms with Gasteiger partial charge in [-0.2, -0.15) is 0 Å². The molecule has 0 aromatic carbocycles. The molecular weight excluding hydrogens is 226 g/mol. The van der Waals surface area contributed by atoms with Crippen LogP contribution in [0.4, 0.5) is 5.82 Å². The van der Waals surface area contributed by atoms with Crippen LogP contribution < -0.4 is 4.90 Å².